The second-order valence-corrected chi connectivity index (χ2v) is 3.27. The number of esters is 1. The first-order valence-electron chi connectivity index (χ1n) is 4.75. The largest absolute Gasteiger partial charge is 0.469 e. The topological polar surface area (TPSA) is 46.5 Å². The number of aliphatic hydroxyl groups is 1. The van der Waals surface area contributed by atoms with Gasteiger partial charge in [-0.25, -0.2) is 8.78 Å². The van der Waals surface area contributed by atoms with Gasteiger partial charge in [-0.15, -0.1) is 0 Å². The van der Waals surface area contributed by atoms with Crippen molar-refractivity contribution in [3.8, 4) is 0 Å². The Hall–Kier alpha value is -1.49. The number of rotatable bonds is 4. The van der Waals surface area contributed by atoms with Crippen molar-refractivity contribution in [2.24, 2.45) is 0 Å². The second kappa shape index (κ2) is 5.55. The molecule has 88 valence electrons. The Morgan fingerprint density at radius 3 is 2.50 bits per heavy atom. The molecule has 1 atom stereocenters. The van der Waals surface area contributed by atoms with E-state index in [1.165, 1.54) is 13.2 Å². The standard InChI is InChI=1S/C11H12F2O3/c1-16-10(15)6-5-9(14)11-7(12)3-2-4-8(11)13/h2-4,9,14H,5-6H2,1H3. The zero-order valence-electron chi connectivity index (χ0n) is 8.74. The van der Waals surface area contributed by atoms with E-state index in [1.54, 1.807) is 0 Å². The van der Waals surface area contributed by atoms with E-state index in [4.69, 9.17) is 0 Å². The molecule has 3 nitrogen and oxygen atoms in total. The monoisotopic (exact) mass is 230 g/mol. The average molecular weight is 230 g/mol. The molecular weight excluding hydrogens is 218 g/mol. The second-order valence-electron chi connectivity index (χ2n) is 3.27. The maximum absolute atomic E-state index is 13.2. The summed E-state index contributed by atoms with van der Waals surface area (Å²) in [5.74, 6) is -2.18. The number of benzene rings is 1. The molecule has 0 saturated heterocycles. The normalized spacial score (nSPS) is 12.2. The highest BCUT2D eigenvalue weighted by atomic mass is 19.1. The minimum absolute atomic E-state index is 0.0788. The smallest absolute Gasteiger partial charge is 0.305 e. The predicted molar refractivity (Wildman–Crippen MR) is 52.6 cm³/mol. The van der Waals surface area contributed by atoms with Gasteiger partial charge in [0.05, 0.1) is 18.8 Å². The Morgan fingerprint density at radius 2 is 2.00 bits per heavy atom. The number of methoxy groups -OCH3 is 1. The van der Waals surface area contributed by atoms with Crippen molar-refractivity contribution < 1.29 is 23.4 Å². The van der Waals surface area contributed by atoms with E-state index in [-0.39, 0.29) is 12.8 Å². The number of carbonyl (C=O) groups excluding carboxylic acids is 1. The lowest BCUT2D eigenvalue weighted by Gasteiger charge is -2.11. The van der Waals surface area contributed by atoms with Gasteiger partial charge in [-0.1, -0.05) is 6.07 Å². The molecule has 1 rings (SSSR count). The number of hydrogen-bond acceptors (Lipinski definition) is 3. The Kier molecular flexibility index (Phi) is 4.37. The molecule has 0 radical (unpaired) electrons. The van der Waals surface area contributed by atoms with E-state index in [0.29, 0.717) is 0 Å². The van der Waals surface area contributed by atoms with Crippen LogP contribution < -0.4 is 0 Å². The van der Waals surface area contributed by atoms with Crippen LogP contribution in [0.25, 0.3) is 0 Å². The van der Waals surface area contributed by atoms with Crippen LogP contribution in [-0.2, 0) is 9.53 Å². The van der Waals surface area contributed by atoms with E-state index >= 15 is 0 Å². The van der Waals surface area contributed by atoms with Gasteiger partial charge in [0, 0.05) is 6.42 Å². The summed E-state index contributed by atoms with van der Waals surface area (Å²) in [5, 5.41) is 9.54. The molecule has 0 bridgehead atoms. The lowest BCUT2D eigenvalue weighted by atomic mass is 10.0. The quantitative estimate of drug-likeness (QED) is 0.804. The van der Waals surface area contributed by atoms with Crippen LogP contribution in [0.15, 0.2) is 18.2 Å². The van der Waals surface area contributed by atoms with Crippen molar-refractivity contribution in [3.05, 3.63) is 35.4 Å². The van der Waals surface area contributed by atoms with Gasteiger partial charge in [-0.05, 0) is 18.6 Å². The Balaban J connectivity index is 2.73. The Labute approximate surface area is 91.7 Å². The maximum atomic E-state index is 13.2. The van der Waals surface area contributed by atoms with E-state index in [1.807, 2.05) is 0 Å². The maximum Gasteiger partial charge on any atom is 0.305 e. The molecule has 1 aromatic carbocycles. The lowest BCUT2D eigenvalue weighted by molar-refractivity contribution is -0.141. The zero-order chi connectivity index (χ0) is 12.1. The van der Waals surface area contributed by atoms with Gasteiger partial charge in [0.1, 0.15) is 11.6 Å². The summed E-state index contributed by atoms with van der Waals surface area (Å²) in [7, 11) is 1.21. The third-order valence-electron chi connectivity index (χ3n) is 2.18. The minimum atomic E-state index is -1.35. The van der Waals surface area contributed by atoms with Crippen LogP contribution in [0.4, 0.5) is 8.78 Å². The molecule has 1 N–H and O–H groups in total. The van der Waals surface area contributed by atoms with Gasteiger partial charge in [0.25, 0.3) is 0 Å². The van der Waals surface area contributed by atoms with E-state index in [2.05, 4.69) is 4.74 Å². The summed E-state index contributed by atoms with van der Waals surface area (Å²) >= 11 is 0. The van der Waals surface area contributed by atoms with E-state index in [0.717, 1.165) is 12.1 Å². The van der Waals surface area contributed by atoms with Crippen molar-refractivity contribution in [2.75, 3.05) is 7.11 Å². The summed E-state index contributed by atoms with van der Waals surface area (Å²) in [6, 6.07) is 3.32. The highest BCUT2D eigenvalue weighted by molar-refractivity contribution is 5.69. The first-order valence-corrected chi connectivity index (χ1v) is 4.75. The van der Waals surface area contributed by atoms with Crippen LogP contribution in [0, 0.1) is 11.6 Å². The Morgan fingerprint density at radius 1 is 1.44 bits per heavy atom. The molecule has 0 aliphatic rings. The summed E-state index contributed by atoms with van der Waals surface area (Å²) in [6.07, 6.45) is -1.52. The van der Waals surface area contributed by atoms with Gasteiger partial charge in [-0.3, -0.25) is 4.79 Å². The average Bonchev–Trinajstić information content (AvgIpc) is 2.25. The molecule has 0 fully saturated rings. The number of aliphatic hydroxyl groups excluding tert-OH is 1. The molecular formula is C11H12F2O3. The van der Waals surface area contributed by atoms with Gasteiger partial charge in [0.15, 0.2) is 0 Å². The molecule has 16 heavy (non-hydrogen) atoms. The summed E-state index contributed by atoms with van der Waals surface area (Å²) < 4.78 is 30.7. The highest BCUT2D eigenvalue weighted by Crippen LogP contribution is 2.24. The minimum Gasteiger partial charge on any atom is -0.469 e. The number of carbonyl (C=O) groups is 1. The SMILES string of the molecule is COC(=O)CCC(O)c1c(F)cccc1F. The van der Waals surface area contributed by atoms with Crippen LogP contribution in [0.2, 0.25) is 0 Å². The van der Waals surface area contributed by atoms with Crippen LogP contribution in [0.3, 0.4) is 0 Å². The Bertz CT molecular complexity index is 359. The molecule has 0 aliphatic carbocycles. The fraction of sp³-hybridized carbons (Fsp3) is 0.364. The highest BCUT2D eigenvalue weighted by Gasteiger charge is 2.18. The van der Waals surface area contributed by atoms with E-state index in [9.17, 15) is 18.7 Å². The van der Waals surface area contributed by atoms with Gasteiger partial charge < -0.3 is 9.84 Å². The van der Waals surface area contributed by atoms with Crippen molar-refractivity contribution in [2.45, 2.75) is 18.9 Å². The predicted octanol–water partition coefficient (Wildman–Crippen LogP) is 1.95. The van der Waals surface area contributed by atoms with Crippen LogP contribution in [0.5, 0.6) is 0 Å². The summed E-state index contributed by atoms with van der Waals surface area (Å²) in [5.41, 5.74) is -0.411. The molecule has 5 heteroatoms. The van der Waals surface area contributed by atoms with Crippen LogP contribution >= 0.6 is 0 Å². The first-order chi connectivity index (χ1) is 7.56. The summed E-state index contributed by atoms with van der Waals surface area (Å²) in [4.78, 5) is 10.8. The molecule has 0 saturated carbocycles. The third kappa shape index (κ3) is 3.00. The van der Waals surface area contributed by atoms with Gasteiger partial charge in [0.2, 0.25) is 0 Å². The van der Waals surface area contributed by atoms with Crippen molar-refractivity contribution in [1.82, 2.24) is 0 Å². The fourth-order valence-corrected chi connectivity index (χ4v) is 1.33. The molecule has 1 aromatic rings. The van der Waals surface area contributed by atoms with Gasteiger partial charge >= 0.3 is 5.97 Å². The molecule has 0 heterocycles. The fourth-order valence-electron chi connectivity index (χ4n) is 1.33. The molecule has 0 aromatic heterocycles. The zero-order valence-corrected chi connectivity index (χ0v) is 8.74. The molecule has 1 unspecified atom stereocenters. The molecule has 0 spiro atoms. The van der Waals surface area contributed by atoms with Crippen LogP contribution in [0.1, 0.15) is 24.5 Å². The van der Waals surface area contributed by atoms with Crippen molar-refractivity contribution >= 4 is 5.97 Å². The number of hydrogen-bond donors (Lipinski definition) is 1. The number of halogens is 2. The van der Waals surface area contributed by atoms with Gasteiger partial charge in [-0.2, -0.15) is 0 Å². The summed E-state index contributed by atoms with van der Waals surface area (Å²) in [6.45, 7) is 0. The lowest BCUT2D eigenvalue weighted by Crippen LogP contribution is -2.08. The van der Waals surface area contributed by atoms with E-state index < -0.39 is 29.3 Å². The van der Waals surface area contributed by atoms with Crippen molar-refractivity contribution in [1.29, 1.82) is 0 Å². The van der Waals surface area contributed by atoms with Crippen molar-refractivity contribution in [3.63, 3.8) is 0 Å². The van der Waals surface area contributed by atoms with Crippen LogP contribution in [-0.4, -0.2) is 18.2 Å². The first kappa shape index (κ1) is 12.6. The molecule has 0 amide bonds. The third-order valence-corrected chi connectivity index (χ3v) is 2.18. The molecule has 0 aliphatic heterocycles. The number of ether oxygens (including phenoxy) is 1.